The average molecular weight is 2140 g/mol. The Balaban J connectivity index is -0.0000000744. The third kappa shape index (κ3) is 65.4. The summed E-state index contributed by atoms with van der Waals surface area (Å²) in [5.41, 5.74) is 0.655. The van der Waals surface area contributed by atoms with Gasteiger partial charge in [0.05, 0.1) is 6.07 Å². The van der Waals surface area contributed by atoms with E-state index in [0.717, 1.165) is 58.3 Å². The van der Waals surface area contributed by atoms with E-state index < -0.39 is 137 Å². The van der Waals surface area contributed by atoms with Gasteiger partial charge in [-0.25, -0.2) is 22.1 Å². The molecule has 0 aromatic carbocycles. The maximum absolute atomic E-state index is 13.1. The van der Waals surface area contributed by atoms with Gasteiger partial charge in [-0.05, 0) is 37.5 Å². The van der Waals surface area contributed by atoms with Gasteiger partial charge in [-0.2, -0.15) is 5.26 Å². The molecule has 2 rings (SSSR count). The zero-order valence-electron chi connectivity index (χ0n) is 78.0. The molecule has 2 aliphatic heterocycles. The van der Waals surface area contributed by atoms with Crippen molar-refractivity contribution in [2.75, 3.05) is 50.6 Å². The molecule has 0 radical (unpaired) electrons. The van der Waals surface area contributed by atoms with Gasteiger partial charge >= 0.3 is 571 Å². The van der Waals surface area contributed by atoms with Gasteiger partial charge in [-0.3, -0.25) is 0 Å². The number of nitrogens with zero attached hydrogens (tertiary/aromatic N) is 7. The SMILES string of the molecule is C#N.C=C(C)C(=C)C#N.C=C/C(=C\C)C[As](=O)(O)O.C=C/C(=C\C)C[As](=O)(O)O.C=C/C(=C\C)C[As](=O)(O)O.C=C/C(=C\C)C[As](=O)(OCCC#N)OCCC#N.C=C/C(=C\C)C[As]1(=O)OC(C)(C#N)C(C)(C#N)O1.C=C/C(=C\C)C[As]1(=O)OC(C)(CSOOC)C(C)(CS(C)(=O)=O)O1.C=[C+]C#N.CC(=C\S(C)(=O)=O)/C(C)=C/S(C)(=O)=O.N.[2HH].[2HH].[2HH].[2HH].[2H][2H].[2H][2H].[2H][2H].[2H][2H]. The van der Waals surface area contributed by atoms with E-state index in [2.05, 4.69) is 70.7 Å². The van der Waals surface area contributed by atoms with Crippen molar-refractivity contribution in [2.45, 2.75) is 157 Å². The predicted octanol–water partition coefficient (Wildman–Crippen LogP) is 13.5. The van der Waals surface area contributed by atoms with Crippen molar-refractivity contribution in [1.29, 1.82) is 36.8 Å². The minimum Gasteiger partial charge on any atom is -0.344 e. The van der Waals surface area contributed by atoms with E-state index in [1.165, 1.54) is 39.2 Å². The van der Waals surface area contributed by atoms with E-state index >= 15 is 0 Å². The molecule has 0 bridgehead atoms. The molecule has 34 nitrogen and oxygen atoms in total. The van der Waals surface area contributed by atoms with E-state index in [1.807, 2.05) is 43.3 Å². The third-order valence-electron chi connectivity index (χ3n) is 14.0. The van der Waals surface area contributed by atoms with Crippen LogP contribution in [0.1, 0.15) is 120 Å². The molecule has 0 spiro atoms. The van der Waals surface area contributed by atoms with Crippen LogP contribution in [0.15, 0.2) is 199 Å². The van der Waals surface area contributed by atoms with Crippen LogP contribution in [0.3, 0.4) is 0 Å². The molecule has 2 fully saturated rings. The number of rotatable bonds is 34. The van der Waals surface area contributed by atoms with Crippen molar-refractivity contribution in [2.24, 2.45) is 0 Å². The quantitative estimate of drug-likeness (QED) is 0.00460. The van der Waals surface area contributed by atoms with Crippen molar-refractivity contribution < 1.29 is 121 Å². The van der Waals surface area contributed by atoms with Gasteiger partial charge in [0.1, 0.15) is 0 Å². The molecule has 2 heterocycles. The summed E-state index contributed by atoms with van der Waals surface area (Å²) in [6.45, 7) is 56.2. The number of nitriles is 7. The van der Waals surface area contributed by atoms with Crippen LogP contribution in [0.2, 0.25) is 31.3 Å². The van der Waals surface area contributed by atoms with Crippen LogP contribution in [-0.2, 0) is 83.5 Å². The Morgan fingerprint density at radius 3 is 1.03 bits per heavy atom. The van der Waals surface area contributed by atoms with Crippen molar-refractivity contribution in [1.82, 2.24) is 6.15 Å². The van der Waals surface area contributed by atoms with E-state index in [0.29, 0.717) is 39.0 Å². The molecule has 0 saturated carbocycles. The third-order valence-corrected chi connectivity index (χ3v) is 35.1. The second kappa shape index (κ2) is 64.5. The molecule has 2 aliphatic rings. The fourth-order valence-electron chi connectivity index (χ4n) is 7.54. The molecule has 44 heteroatoms. The first kappa shape index (κ1) is 120. The van der Waals surface area contributed by atoms with Crippen LogP contribution in [0.25, 0.3) is 0 Å². The number of sulfone groups is 3. The summed E-state index contributed by atoms with van der Waals surface area (Å²) in [4.78, 5) is 4.53. The van der Waals surface area contributed by atoms with E-state index in [-0.39, 0.29) is 80.7 Å². The number of allylic oxidation sites excluding steroid dienone is 23. The van der Waals surface area contributed by atoms with Gasteiger partial charge in [0.2, 0.25) is 0 Å². The second-order valence-electron chi connectivity index (χ2n) is 24.3. The molecule has 2 saturated heterocycles. The Morgan fingerprint density at radius 1 is 0.551 bits per heavy atom. The van der Waals surface area contributed by atoms with Crippen molar-refractivity contribution >= 4 is 127 Å². The van der Waals surface area contributed by atoms with Crippen LogP contribution < -0.4 is 6.15 Å². The molecular weight excluding hydrogens is 1990 g/mol. The Labute approximate surface area is 739 Å². The van der Waals surface area contributed by atoms with Gasteiger partial charge in [0, 0.05) is 53.1 Å². The van der Waals surface area contributed by atoms with Crippen LogP contribution in [-0.4, -0.2) is 208 Å². The smallest absolute Gasteiger partial charge is 0.344 e. The van der Waals surface area contributed by atoms with E-state index in [9.17, 15) is 47.7 Å². The minimum atomic E-state index is -4.46. The van der Waals surface area contributed by atoms with Crippen molar-refractivity contribution in [3.63, 3.8) is 0 Å². The van der Waals surface area contributed by atoms with Gasteiger partial charge in [-0.15, -0.1) is 5.26 Å². The van der Waals surface area contributed by atoms with Gasteiger partial charge in [-0.1, -0.05) is 13.2 Å². The summed E-state index contributed by atoms with van der Waals surface area (Å²) < 4.78 is 265. The molecule has 9 N–H and O–H groups in total. The standard InChI is InChI=1S/C14H25AsO7S2.C12H15AsN2O3.C12H17AsN2O3.C8H14O4S2.3C6H11AsO3.C6H7N.C3H2N.CHN.H3N.8H2/c1-7-12(8-2)9-15(16)20-13(3,10-23-22-19-5)14(4,21-15)11-24(6,17)18;1-5-10(6-2)7-13(16)17-11(3,8-14)12(4,9-15)18-13;1-3-12(4-2)11-13(16,17-9-5-7-14)18-10-6-8-15;1-7(5-13(3,9)10)8(2)6-14(4,11)12;3*1-3-6(4-2)5-7(8,9)10;1-5(2)6(3)4-7;1-2-3-4;1-2;;;;;;;;;/h7-8H,1,9-11H2,2-6H3;5-6H,1,7H2,2-4H3;3-4H,1,5-6,9-11H2,2H3;5-6H,1-4H3;3*3-4H,1,5H2,2H3,(H2,8,9,10);1,3H2,2H3;1H2;1H;1H3;8*1H/q;;;;;;;;+1;;;;;;;;;;/b12-8+;10-6+;12-4+;7-5+,8-6+;3*6-4+;;;;;;;;;;;;/i;;;;;;;;;;;4*1+1D;4*1+1. The van der Waals surface area contributed by atoms with Crippen molar-refractivity contribution in [3.05, 3.63) is 205 Å². The number of hydrogen-bond donors (Lipinski definition) is 7. The first-order valence-electron chi connectivity index (χ1n) is 37.3. The van der Waals surface area contributed by atoms with Gasteiger partial charge < -0.3 is 6.15 Å². The summed E-state index contributed by atoms with van der Waals surface area (Å²) in [5.74, 6) is -0.119. The largest absolute Gasteiger partial charge is 0.386 e. The summed E-state index contributed by atoms with van der Waals surface area (Å²) in [7, 11) is -8.48. The fourth-order valence-corrected chi connectivity index (χ4v) is 31.1. The Bertz CT molecular complexity index is 4440. The van der Waals surface area contributed by atoms with Crippen LogP contribution >= 0.6 is 12.0 Å². The predicted molar refractivity (Wildman–Crippen MR) is 476 cm³/mol. The molecule has 0 amide bonds. The second-order valence-corrected chi connectivity index (χ2v) is 53.5. The minimum absolute atomic E-state index is 0. The molecule has 0 aliphatic carbocycles. The van der Waals surface area contributed by atoms with Crippen molar-refractivity contribution in [3.8, 4) is 43.0 Å². The monoisotopic (exact) mass is 2140 g/mol. The molecule has 118 heavy (non-hydrogen) atoms. The Hall–Kier alpha value is -6.33. The maximum Gasteiger partial charge on any atom is 0.386 e. The summed E-state index contributed by atoms with van der Waals surface area (Å²) in [6.07, 6.45) is 24.9. The summed E-state index contributed by atoms with van der Waals surface area (Å²) in [6, 6.07) is 11.0. The fraction of sp³-hybridized carbons (Fsp3) is 0.446. The Kier molecular flexibility index (Phi) is 65.7. The zero-order chi connectivity index (χ0) is 102. The van der Waals surface area contributed by atoms with Crippen LogP contribution in [0.5, 0.6) is 0 Å². The van der Waals surface area contributed by atoms with Gasteiger partial charge in [0.25, 0.3) is 0 Å². The Morgan fingerprint density at radius 2 is 0.831 bits per heavy atom. The molecule has 678 valence electrons. The zero-order valence-corrected chi connectivity index (χ0v) is 84.5. The van der Waals surface area contributed by atoms with Crippen LogP contribution in [0, 0.1) is 85.9 Å². The average Bonchev–Trinajstić information content (AvgIpc) is 1.40. The summed E-state index contributed by atoms with van der Waals surface area (Å²) >= 11 is -24.9. The summed E-state index contributed by atoms with van der Waals surface area (Å²) in [5, 5.41) is 59.1. The number of hydrogen-bond acceptors (Lipinski definition) is 29. The molecule has 5 unspecified atom stereocenters. The van der Waals surface area contributed by atoms with E-state index in [1.54, 1.807) is 130 Å². The van der Waals surface area contributed by atoms with Gasteiger partial charge in [0.15, 0.2) is 26.3 Å². The molecule has 0 aromatic heterocycles. The first-order valence-corrected chi connectivity index (χ1v) is 62.4. The molecule has 5 atom stereocenters. The van der Waals surface area contributed by atoms with Crippen LogP contribution in [0.4, 0.5) is 0 Å². The normalized spacial score (nSPS) is 20.9. The topological polar surface area (TPSA) is 602 Å². The maximum atomic E-state index is 13.1. The first-order chi connectivity index (χ1) is 57.4. The van der Waals surface area contributed by atoms with E-state index in [4.69, 9.17) is 100.0 Å². The molecular formula is C74H133As6N8O26S4+. The molecule has 0 aromatic rings.